The Balaban J connectivity index is 1.68. The van der Waals surface area contributed by atoms with Crippen LogP contribution in [0.2, 0.25) is 0 Å². The molecule has 2 heterocycles. The maximum absolute atomic E-state index is 14.2. The summed E-state index contributed by atoms with van der Waals surface area (Å²) >= 11 is 0. The Labute approximate surface area is 248 Å². The lowest BCUT2D eigenvalue weighted by Crippen LogP contribution is -2.57. The van der Waals surface area contributed by atoms with Crippen molar-refractivity contribution in [1.82, 2.24) is 9.97 Å². The summed E-state index contributed by atoms with van der Waals surface area (Å²) in [4.78, 5) is 35.4. The van der Waals surface area contributed by atoms with E-state index < -0.39 is 47.1 Å². The van der Waals surface area contributed by atoms with Crippen LogP contribution < -0.4 is 21.3 Å². The van der Waals surface area contributed by atoms with Gasteiger partial charge in [0.1, 0.15) is 0 Å². The second-order valence-electron chi connectivity index (χ2n) is 9.95. The third kappa shape index (κ3) is 6.53. The van der Waals surface area contributed by atoms with Crippen molar-refractivity contribution in [1.29, 1.82) is 0 Å². The number of halogens is 9. The van der Waals surface area contributed by atoms with E-state index in [4.69, 9.17) is 11.5 Å². The van der Waals surface area contributed by atoms with Crippen LogP contribution in [0.25, 0.3) is 11.3 Å². The number of anilines is 3. The van der Waals surface area contributed by atoms with Crippen LogP contribution in [0.4, 0.5) is 56.8 Å². The molecule has 0 aliphatic carbocycles. The number of nitrogens with two attached hydrogens (primary N) is 2. The first-order valence-corrected chi connectivity index (χ1v) is 12.8. The maximum Gasteiger partial charge on any atom is 0.490 e. The molecule has 45 heavy (non-hydrogen) atoms. The predicted octanol–water partition coefficient (Wildman–Crippen LogP) is 4.73. The number of esters is 1. The van der Waals surface area contributed by atoms with Crippen molar-refractivity contribution in [2.75, 3.05) is 41.7 Å². The van der Waals surface area contributed by atoms with E-state index in [-0.39, 0.29) is 54.6 Å². The molecule has 3 aromatic rings. The molecule has 1 fully saturated rings. The van der Waals surface area contributed by atoms with Crippen molar-refractivity contribution in [2.24, 2.45) is 5.73 Å². The molecule has 1 aliphatic rings. The van der Waals surface area contributed by atoms with Gasteiger partial charge in [0.2, 0.25) is 0 Å². The fraction of sp³-hybridized carbons (Fsp3) is 0.333. The average Bonchev–Trinajstić information content (AvgIpc) is 2.95. The normalized spacial score (nSPS) is 15.9. The highest BCUT2D eigenvalue weighted by Gasteiger charge is 2.66. The van der Waals surface area contributed by atoms with Gasteiger partial charge in [-0.1, -0.05) is 18.2 Å². The summed E-state index contributed by atoms with van der Waals surface area (Å²) in [5.74, 6) is -5.74. The number of nitrogens with zero attached hydrogens (tertiary/aromatic N) is 4. The molecule has 1 aliphatic heterocycles. The molecule has 1 saturated heterocycles. The zero-order valence-corrected chi connectivity index (χ0v) is 23.0. The largest absolute Gasteiger partial charge is 0.490 e. The highest BCUT2D eigenvalue weighted by atomic mass is 19.4. The molecular weight excluding hydrogens is 627 g/mol. The number of aromatic nitrogens is 2. The number of alkyl halides is 9. The SMILES string of the molecule is Cc1ccc(C(OC(=O)C(F)(F)F)(C(N)=O)C(F)(F)F)cc1-c1cnc(N)c(N2CCN(c3cccc(C(F)(F)F)c3)CC2)n1. The van der Waals surface area contributed by atoms with Crippen LogP contribution in [0.5, 0.6) is 0 Å². The summed E-state index contributed by atoms with van der Waals surface area (Å²) in [7, 11) is 0. The molecule has 9 nitrogen and oxygen atoms in total. The third-order valence-electron chi connectivity index (χ3n) is 7.04. The minimum absolute atomic E-state index is 0.0708. The molecule has 1 amide bonds. The standard InChI is InChI=1S/C27H23F9N6O3/c1-14-5-6-15(24(22(38)43,27(34,35)36)45-23(44)26(31,32)33)12-18(14)19-13-39-20(37)21(40-19)42-9-7-41(8-10-42)17-4-2-3-16(11-17)25(28,29)30/h2-6,11-13H,7-10H2,1H3,(H2,37,39)(H2,38,43). The predicted molar refractivity (Wildman–Crippen MR) is 142 cm³/mol. The number of piperazine rings is 1. The molecule has 1 aromatic heterocycles. The van der Waals surface area contributed by atoms with Crippen LogP contribution >= 0.6 is 0 Å². The first-order valence-electron chi connectivity index (χ1n) is 12.8. The van der Waals surface area contributed by atoms with Crippen molar-refractivity contribution < 1.29 is 53.8 Å². The summed E-state index contributed by atoms with van der Waals surface area (Å²) in [6.45, 7) is 2.29. The second kappa shape index (κ2) is 11.6. The van der Waals surface area contributed by atoms with Crippen LogP contribution in [0.15, 0.2) is 48.7 Å². The first-order chi connectivity index (χ1) is 20.8. The Kier molecular flexibility index (Phi) is 8.56. The zero-order chi connectivity index (χ0) is 33.5. The van der Waals surface area contributed by atoms with Gasteiger partial charge in [-0.15, -0.1) is 0 Å². The minimum atomic E-state index is -5.91. The van der Waals surface area contributed by atoms with Crippen LogP contribution in [-0.2, 0) is 26.1 Å². The number of primary amides is 1. The van der Waals surface area contributed by atoms with E-state index >= 15 is 0 Å². The monoisotopic (exact) mass is 650 g/mol. The fourth-order valence-corrected chi connectivity index (χ4v) is 4.73. The Morgan fingerprint density at radius 1 is 0.867 bits per heavy atom. The van der Waals surface area contributed by atoms with Gasteiger partial charge in [0.15, 0.2) is 11.6 Å². The highest BCUT2D eigenvalue weighted by molar-refractivity contribution is 5.90. The molecule has 0 saturated carbocycles. The summed E-state index contributed by atoms with van der Waals surface area (Å²) < 4.78 is 125. The molecule has 1 atom stereocenters. The number of rotatable bonds is 6. The van der Waals surface area contributed by atoms with Gasteiger partial charge in [-0.05, 0) is 36.8 Å². The summed E-state index contributed by atoms with van der Waals surface area (Å²) in [6, 6.07) is 7.09. The van der Waals surface area contributed by atoms with Crippen molar-refractivity contribution in [3.63, 3.8) is 0 Å². The van der Waals surface area contributed by atoms with E-state index in [0.29, 0.717) is 17.8 Å². The highest BCUT2D eigenvalue weighted by Crippen LogP contribution is 2.45. The van der Waals surface area contributed by atoms with Crippen molar-refractivity contribution in [3.05, 3.63) is 65.4 Å². The van der Waals surface area contributed by atoms with E-state index in [1.54, 1.807) is 9.80 Å². The number of benzene rings is 2. The summed E-state index contributed by atoms with van der Waals surface area (Å²) in [6.07, 6.45) is -15.3. The van der Waals surface area contributed by atoms with E-state index in [0.717, 1.165) is 24.4 Å². The van der Waals surface area contributed by atoms with E-state index in [9.17, 15) is 49.1 Å². The average molecular weight is 651 g/mol. The number of hydrogen-bond donors (Lipinski definition) is 2. The number of ether oxygens (including phenoxy) is 1. The molecule has 242 valence electrons. The third-order valence-corrected chi connectivity index (χ3v) is 7.04. The smallest absolute Gasteiger partial charge is 0.427 e. The zero-order valence-electron chi connectivity index (χ0n) is 23.0. The van der Waals surface area contributed by atoms with E-state index in [1.807, 2.05) is 0 Å². The number of carbonyl (C=O) groups excluding carboxylic acids is 2. The van der Waals surface area contributed by atoms with Gasteiger partial charge in [-0.3, -0.25) is 4.79 Å². The number of aryl methyl sites for hydroxylation is 1. The Hall–Kier alpha value is -4.77. The van der Waals surface area contributed by atoms with Crippen molar-refractivity contribution in [2.45, 2.75) is 31.1 Å². The van der Waals surface area contributed by atoms with Gasteiger partial charge in [0, 0.05) is 43.0 Å². The molecule has 0 radical (unpaired) electrons. The Morgan fingerprint density at radius 2 is 1.49 bits per heavy atom. The molecule has 4 rings (SSSR count). The number of amides is 1. The fourth-order valence-electron chi connectivity index (χ4n) is 4.73. The Morgan fingerprint density at radius 3 is 2.04 bits per heavy atom. The van der Waals surface area contributed by atoms with Gasteiger partial charge in [-0.25, -0.2) is 14.8 Å². The topological polar surface area (TPSA) is 128 Å². The molecule has 0 spiro atoms. The van der Waals surface area contributed by atoms with Gasteiger partial charge < -0.3 is 26.0 Å². The molecule has 2 aromatic carbocycles. The van der Waals surface area contributed by atoms with Crippen molar-refractivity contribution in [3.8, 4) is 11.3 Å². The van der Waals surface area contributed by atoms with Crippen LogP contribution in [-0.4, -0.2) is 60.4 Å². The second-order valence-corrected chi connectivity index (χ2v) is 9.95. The summed E-state index contributed by atoms with van der Waals surface area (Å²) in [5, 5.41) is 0. The number of hydrogen-bond acceptors (Lipinski definition) is 8. The molecule has 4 N–H and O–H groups in total. The quantitative estimate of drug-likeness (QED) is 0.290. The number of nitrogen functional groups attached to an aromatic ring is 1. The van der Waals surface area contributed by atoms with E-state index in [2.05, 4.69) is 14.7 Å². The minimum Gasteiger partial charge on any atom is -0.427 e. The lowest BCUT2D eigenvalue weighted by Gasteiger charge is -2.37. The number of carbonyl (C=O) groups is 2. The van der Waals surface area contributed by atoms with Gasteiger partial charge in [0.05, 0.1) is 17.5 Å². The lowest BCUT2D eigenvalue weighted by molar-refractivity contribution is -0.280. The molecular formula is C27H23F9N6O3. The van der Waals surface area contributed by atoms with Gasteiger partial charge in [0.25, 0.3) is 5.91 Å². The van der Waals surface area contributed by atoms with Gasteiger partial charge in [-0.2, -0.15) is 39.5 Å². The molecule has 1 unspecified atom stereocenters. The first kappa shape index (κ1) is 33.1. The van der Waals surface area contributed by atoms with Crippen molar-refractivity contribution >= 4 is 29.2 Å². The van der Waals surface area contributed by atoms with Gasteiger partial charge >= 0.3 is 30.1 Å². The van der Waals surface area contributed by atoms with Crippen LogP contribution in [0, 0.1) is 6.92 Å². The van der Waals surface area contributed by atoms with Crippen LogP contribution in [0.3, 0.4) is 0 Å². The lowest BCUT2D eigenvalue weighted by atomic mass is 9.88. The molecule has 0 bridgehead atoms. The molecule has 18 heteroatoms. The maximum atomic E-state index is 14.2. The Bertz CT molecular complexity index is 1600. The van der Waals surface area contributed by atoms with E-state index in [1.165, 1.54) is 19.1 Å². The van der Waals surface area contributed by atoms with Crippen LogP contribution in [0.1, 0.15) is 16.7 Å². The summed E-state index contributed by atoms with van der Waals surface area (Å²) in [5.41, 5.74) is 4.70.